The fourth-order valence-corrected chi connectivity index (χ4v) is 2.23. The highest BCUT2D eigenvalue weighted by Gasteiger charge is 2.43. The number of nitrogens with one attached hydrogen (secondary N) is 1. The highest BCUT2D eigenvalue weighted by atomic mass is 19.3. The summed E-state index contributed by atoms with van der Waals surface area (Å²) < 4.78 is 31.9. The van der Waals surface area contributed by atoms with Crippen molar-refractivity contribution >= 4 is 0 Å². The molecule has 14 heavy (non-hydrogen) atoms. The Morgan fingerprint density at radius 1 is 1.36 bits per heavy atom. The van der Waals surface area contributed by atoms with Gasteiger partial charge < -0.3 is 10.1 Å². The molecule has 1 aliphatic heterocycles. The van der Waals surface area contributed by atoms with Gasteiger partial charge in [-0.1, -0.05) is 0 Å². The van der Waals surface area contributed by atoms with E-state index in [9.17, 15) is 8.78 Å². The van der Waals surface area contributed by atoms with E-state index in [0.717, 1.165) is 19.5 Å². The third-order valence-electron chi connectivity index (χ3n) is 3.21. The van der Waals surface area contributed by atoms with Crippen LogP contribution < -0.4 is 5.32 Å². The molecule has 0 amide bonds. The average molecular weight is 205 g/mol. The molecule has 2 unspecified atom stereocenters. The molecule has 1 saturated heterocycles. The number of halogens is 2. The Morgan fingerprint density at radius 3 is 2.79 bits per heavy atom. The molecule has 0 aromatic rings. The zero-order chi connectivity index (χ0) is 10.0. The van der Waals surface area contributed by atoms with E-state index in [0.29, 0.717) is 12.8 Å². The van der Waals surface area contributed by atoms with Gasteiger partial charge in [0.05, 0.1) is 12.7 Å². The first-order valence-electron chi connectivity index (χ1n) is 5.38. The molecule has 1 aliphatic carbocycles. The van der Waals surface area contributed by atoms with E-state index in [1.807, 2.05) is 0 Å². The molecule has 1 N–H and O–H groups in total. The summed E-state index contributed by atoms with van der Waals surface area (Å²) >= 11 is 0. The lowest BCUT2D eigenvalue weighted by atomic mass is 10.1. The van der Waals surface area contributed by atoms with Crippen molar-refractivity contribution in [3.63, 3.8) is 0 Å². The Bertz CT molecular complexity index is 193. The number of alkyl halides is 2. The third-order valence-corrected chi connectivity index (χ3v) is 3.21. The van der Waals surface area contributed by atoms with Crippen LogP contribution in [0.2, 0.25) is 0 Å². The maximum atomic E-state index is 13.2. The summed E-state index contributed by atoms with van der Waals surface area (Å²) in [4.78, 5) is 0. The quantitative estimate of drug-likeness (QED) is 0.758. The van der Waals surface area contributed by atoms with Gasteiger partial charge in [0.25, 0.3) is 5.92 Å². The van der Waals surface area contributed by atoms with Crippen LogP contribution in [0.4, 0.5) is 8.78 Å². The molecule has 2 atom stereocenters. The van der Waals surface area contributed by atoms with Crippen molar-refractivity contribution in [3.05, 3.63) is 0 Å². The van der Waals surface area contributed by atoms with E-state index in [-0.39, 0.29) is 19.1 Å². The standard InChI is InChI=1S/C10H17F2NO/c11-10(12)4-1-2-8(10)7-14-9-3-5-13-6-9/h8-9,13H,1-7H2. The van der Waals surface area contributed by atoms with Crippen molar-refractivity contribution in [1.29, 1.82) is 0 Å². The largest absolute Gasteiger partial charge is 0.376 e. The van der Waals surface area contributed by atoms with Crippen molar-refractivity contribution in [3.8, 4) is 0 Å². The molecule has 2 aliphatic rings. The van der Waals surface area contributed by atoms with Crippen LogP contribution in [0.3, 0.4) is 0 Å². The van der Waals surface area contributed by atoms with E-state index in [2.05, 4.69) is 5.32 Å². The van der Waals surface area contributed by atoms with Crippen molar-refractivity contribution in [1.82, 2.24) is 5.32 Å². The van der Waals surface area contributed by atoms with Crippen molar-refractivity contribution in [2.75, 3.05) is 19.7 Å². The van der Waals surface area contributed by atoms with Gasteiger partial charge in [-0.05, 0) is 25.8 Å². The molecular weight excluding hydrogens is 188 g/mol. The Morgan fingerprint density at radius 2 is 2.21 bits per heavy atom. The molecule has 0 aromatic heterocycles. The van der Waals surface area contributed by atoms with Crippen LogP contribution >= 0.6 is 0 Å². The normalized spacial score (nSPS) is 36.4. The first-order chi connectivity index (χ1) is 6.68. The molecule has 1 saturated carbocycles. The van der Waals surface area contributed by atoms with Crippen molar-refractivity contribution < 1.29 is 13.5 Å². The second-order valence-electron chi connectivity index (χ2n) is 4.30. The summed E-state index contributed by atoms with van der Waals surface area (Å²) in [6.45, 7) is 2.00. The van der Waals surface area contributed by atoms with E-state index < -0.39 is 11.8 Å². The average Bonchev–Trinajstić information content (AvgIpc) is 2.71. The van der Waals surface area contributed by atoms with Gasteiger partial charge in [0, 0.05) is 18.9 Å². The van der Waals surface area contributed by atoms with Gasteiger partial charge >= 0.3 is 0 Å². The van der Waals surface area contributed by atoms with Gasteiger partial charge in [0.15, 0.2) is 0 Å². The fourth-order valence-electron chi connectivity index (χ4n) is 2.23. The molecule has 2 rings (SSSR count). The zero-order valence-electron chi connectivity index (χ0n) is 8.27. The number of rotatable bonds is 3. The van der Waals surface area contributed by atoms with Crippen LogP contribution in [-0.2, 0) is 4.74 Å². The van der Waals surface area contributed by atoms with Crippen LogP contribution in [0.5, 0.6) is 0 Å². The smallest absolute Gasteiger partial charge is 0.253 e. The Kier molecular flexibility index (Phi) is 3.02. The van der Waals surface area contributed by atoms with E-state index in [1.54, 1.807) is 0 Å². The predicted molar refractivity (Wildman–Crippen MR) is 49.5 cm³/mol. The Balaban J connectivity index is 1.74. The summed E-state index contributed by atoms with van der Waals surface area (Å²) in [6, 6.07) is 0. The molecule has 0 radical (unpaired) electrons. The van der Waals surface area contributed by atoms with Gasteiger partial charge in [0.2, 0.25) is 0 Å². The van der Waals surface area contributed by atoms with Crippen LogP contribution in [0.25, 0.3) is 0 Å². The molecule has 2 nitrogen and oxygen atoms in total. The minimum absolute atomic E-state index is 0.0456. The first-order valence-corrected chi connectivity index (χ1v) is 5.38. The minimum atomic E-state index is -2.48. The fraction of sp³-hybridized carbons (Fsp3) is 1.00. The number of hydrogen-bond acceptors (Lipinski definition) is 2. The van der Waals surface area contributed by atoms with Crippen LogP contribution in [-0.4, -0.2) is 31.7 Å². The second kappa shape index (κ2) is 4.11. The molecule has 82 valence electrons. The summed E-state index contributed by atoms with van der Waals surface area (Å²) in [5.74, 6) is -3.02. The van der Waals surface area contributed by atoms with Gasteiger partial charge in [-0.15, -0.1) is 0 Å². The SMILES string of the molecule is FC1(F)CCCC1COC1CCNC1. The Labute approximate surface area is 83.0 Å². The Hall–Kier alpha value is -0.220. The van der Waals surface area contributed by atoms with Crippen molar-refractivity contribution in [2.45, 2.75) is 37.7 Å². The van der Waals surface area contributed by atoms with Gasteiger partial charge in [-0.3, -0.25) is 0 Å². The maximum absolute atomic E-state index is 13.2. The molecule has 0 aromatic carbocycles. The number of hydrogen-bond donors (Lipinski definition) is 1. The molecular formula is C10H17F2NO. The zero-order valence-corrected chi connectivity index (χ0v) is 8.27. The summed E-state index contributed by atoms with van der Waals surface area (Å²) in [6.07, 6.45) is 2.42. The minimum Gasteiger partial charge on any atom is -0.376 e. The van der Waals surface area contributed by atoms with E-state index >= 15 is 0 Å². The molecule has 0 spiro atoms. The summed E-state index contributed by atoms with van der Waals surface area (Å²) in [5.41, 5.74) is 0. The van der Waals surface area contributed by atoms with Gasteiger partial charge in [-0.2, -0.15) is 0 Å². The predicted octanol–water partition coefficient (Wildman–Crippen LogP) is 1.80. The maximum Gasteiger partial charge on any atom is 0.253 e. The van der Waals surface area contributed by atoms with Crippen molar-refractivity contribution in [2.24, 2.45) is 5.92 Å². The van der Waals surface area contributed by atoms with Gasteiger partial charge in [-0.25, -0.2) is 8.78 Å². The second-order valence-corrected chi connectivity index (χ2v) is 4.30. The topological polar surface area (TPSA) is 21.3 Å². The highest BCUT2D eigenvalue weighted by Crippen LogP contribution is 2.40. The lowest BCUT2D eigenvalue weighted by molar-refractivity contribution is -0.0777. The highest BCUT2D eigenvalue weighted by molar-refractivity contribution is 4.84. The lowest BCUT2D eigenvalue weighted by Crippen LogP contribution is -2.29. The number of ether oxygens (including phenoxy) is 1. The monoisotopic (exact) mass is 205 g/mol. The van der Waals surface area contributed by atoms with Crippen LogP contribution in [0.1, 0.15) is 25.7 Å². The molecule has 4 heteroatoms. The third kappa shape index (κ3) is 2.23. The molecule has 1 heterocycles. The first kappa shape index (κ1) is 10.3. The van der Waals surface area contributed by atoms with Gasteiger partial charge in [0.1, 0.15) is 0 Å². The lowest BCUT2D eigenvalue weighted by Gasteiger charge is -2.20. The molecule has 2 fully saturated rings. The van der Waals surface area contributed by atoms with Crippen LogP contribution in [0, 0.1) is 5.92 Å². The molecule has 0 bridgehead atoms. The van der Waals surface area contributed by atoms with E-state index in [1.165, 1.54) is 0 Å². The summed E-state index contributed by atoms with van der Waals surface area (Å²) in [7, 11) is 0. The van der Waals surface area contributed by atoms with E-state index in [4.69, 9.17) is 4.74 Å². The van der Waals surface area contributed by atoms with Crippen LogP contribution in [0.15, 0.2) is 0 Å². The summed E-state index contributed by atoms with van der Waals surface area (Å²) in [5, 5.41) is 3.16.